The third-order valence-corrected chi connectivity index (χ3v) is 5.37. The molecule has 7 heteroatoms. The minimum atomic E-state index is -0.390. The van der Waals surface area contributed by atoms with Gasteiger partial charge in [-0.3, -0.25) is 4.90 Å². The normalized spacial score (nSPS) is 18.7. The van der Waals surface area contributed by atoms with Gasteiger partial charge in [-0.15, -0.1) is 0 Å². The van der Waals surface area contributed by atoms with Gasteiger partial charge >= 0.3 is 0 Å². The van der Waals surface area contributed by atoms with Gasteiger partial charge in [-0.25, -0.2) is 9.97 Å². The Labute approximate surface area is 166 Å². The molecule has 2 aliphatic rings. The Morgan fingerprint density at radius 1 is 1.07 bits per heavy atom. The predicted molar refractivity (Wildman–Crippen MR) is 108 cm³/mol. The average molecular weight is 383 g/mol. The van der Waals surface area contributed by atoms with E-state index in [2.05, 4.69) is 49.4 Å². The number of nitrogens with one attached hydrogen (secondary N) is 1. The summed E-state index contributed by atoms with van der Waals surface area (Å²) in [7, 11) is 0. The van der Waals surface area contributed by atoms with Crippen LogP contribution < -0.4 is 10.2 Å². The fraction of sp³-hybridized carbons (Fsp3) is 0.524. The van der Waals surface area contributed by atoms with E-state index in [1.807, 2.05) is 12.4 Å². The summed E-state index contributed by atoms with van der Waals surface area (Å²) in [5.41, 5.74) is 3.84. The van der Waals surface area contributed by atoms with Crippen molar-refractivity contribution in [1.29, 1.82) is 0 Å². The van der Waals surface area contributed by atoms with Gasteiger partial charge in [0.05, 0.1) is 19.3 Å². The van der Waals surface area contributed by atoms with Crippen LogP contribution in [0.1, 0.15) is 16.7 Å². The maximum absolute atomic E-state index is 10.4. The van der Waals surface area contributed by atoms with Crippen molar-refractivity contribution in [1.82, 2.24) is 20.2 Å². The highest BCUT2D eigenvalue weighted by Gasteiger charge is 2.18. The summed E-state index contributed by atoms with van der Waals surface area (Å²) in [6.07, 6.45) is 4.39. The fourth-order valence-corrected chi connectivity index (χ4v) is 3.82. The largest absolute Gasteiger partial charge is 0.390 e. The first-order valence-electron chi connectivity index (χ1n) is 10.1. The number of hydrogen-bond acceptors (Lipinski definition) is 7. The van der Waals surface area contributed by atoms with Gasteiger partial charge in [0, 0.05) is 63.8 Å². The molecule has 0 saturated carbocycles. The number of benzene rings is 1. The van der Waals surface area contributed by atoms with Crippen molar-refractivity contribution < 1.29 is 9.84 Å². The highest BCUT2D eigenvalue weighted by Crippen LogP contribution is 2.18. The van der Waals surface area contributed by atoms with Crippen LogP contribution in [0.5, 0.6) is 0 Å². The molecule has 2 aliphatic heterocycles. The summed E-state index contributed by atoms with van der Waals surface area (Å²) >= 11 is 0. The van der Waals surface area contributed by atoms with E-state index in [0.717, 1.165) is 57.3 Å². The number of rotatable bonds is 7. The van der Waals surface area contributed by atoms with Crippen molar-refractivity contribution in [3.05, 3.63) is 53.3 Å². The molecule has 1 fully saturated rings. The smallest absolute Gasteiger partial charge is 0.225 e. The second kappa shape index (κ2) is 9.43. The van der Waals surface area contributed by atoms with Crippen LogP contribution in [0.2, 0.25) is 0 Å². The molecule has 3 heterocycles. The molecule has 1 aromatic heterocycles. The molecule has 1 aromatic carbocycles. The first-order valence-corrected chi connectivity index (χ1v) is 10.1. The van der Waals surface area contributed by atoms with Gasteiger partial charge in [-0.1, -0.05) is 24.3 Å². The standard InChI is InChI=1S/C21H29N5O2/c27-20(16-25-6-5-18-3-1-2-4-19(18)15-25)14-22-11-17-12-23-21(24-13-17)26-7-9-28-10-8-26/h1-4,12-13,20,22,27H,5-11,14-16H2. The molecule has 0 spiro atoms. The summed E-state index contributed by atoms with van der Waals surface area (Å²) in [5.74, 6) is 0.762. The van der Waals surface area contributed by atoms with Crippen LogP contribution in [0.3, 0.4) is 0 Å². The minimum Gasteiger partial charge on any atom is -0.390 e. The van der Waals surface area contributed by atoms with Crippen LogP contribution >= 0.6 is 0 Å². The van der Waals surface area contributed by atoms with E-state index in [1.54, 1.807) is 0 Å². The Balaban J connectivity index is 1.19. The lowest BCUT2D eigenvalue weighted by Gasteiger charge is -2.30. The van der Waals surface area contributed by atoms with Crippen LogP contribution in [0.25, 0.3) is 0 Å². The summed E-state index contributed by atoms with van der Waals surface area (Å²) in [6, 6.07) is 8.58. The fourth-order valence-electron chi connectivity index (χ4n) is 3.82. The van der Waals surface area contributed by atoms with E-state index in [1.165, 1.54) is 11.1 Å². The molecule has 0 radical (unpaired) electrons. The summed E-state index contributed by atoms with van der Waals surface area (Å²) in [6.45, 7) is 6.96. The van der Waals surface area contributed by atoms with E-state index in [4.69, 9.17) is 4.74 Å². The third kappa shape index (κ3) is 5.05. The van der Waals surface area contributed by atoms with E-state index < -0.39 is 0 Å². The average Bonchev–Trinajstić information content (AvgIpc) is 2.75. The number of aliphatic hydroxyl groups excluding tert-OH is 1. The zero-order valence-corrected chi connectivity index (χ0v) is 16.3. The third-order valence-electron chi connectivity index (χ3n) is 5.37. The van der Waals surface area contributed by atoms with Crippen molar-refractivity contribution in [3.63, 3.8) is 0 Å². The van der Waals surface area contributed by atoms with Crippen LogP contribution in [0.15, 0.2) is 36.7 Å². The van der Waals surface area contributed by atoms with Crippen molar-refractivity contribution in [3.8, 4) is 0 Å². The van der Waals surface area contributed by atoms with Crippen molar-refractivity contribution in [2.75, 3.05) is 50.8 Å². The Morgan fingerprint density at radius 2 is 1.82 bits per heavy atom. The minimum absolute atomic E-state index is 0.390. The zero-order chi connectivity index (χ0) is 19.2. The van der Waals surface area contributed by atoms with Gasteiger partial charge in [-0.05, 0) is 17.5 Å². The summed E-state index contributed by atoms with van der Waals surface area (Å²) in [4.78, 5) is 13.4. The first kappa shape index (κ1) is 19.3. The second-order valence-corrected chi connectivity index (χ2v) is 7.53. The lowest BCUT2D eigenvalue weighted by molar-refractivity contribution is 0.104. The Hall–Kier alpha value is -2.06. The van der Waals surface area contributed by atoms with Gasteiger partial charge in [0.1, 0.15) is 0 Å². The van der Waals surface area contributed by atoms with E-state index in [0.29, 0.717) is 19.6 Å². The molecule has 2 N–H and O–H groups in total. The lowest BCUT2D eigenvalue weighted by Crippen LogP contribution is -2.40. The number of β-amino-alcohol motifs (C(OH)–C–C–N with tert-alkyl or cyclic N) is 1. The van der Waals surface area contributed by atoms with Crippen molar-refractivity contribution >= 4 is 5.95 Å². The quantitative estimate of drug-likeness (QED) is 0.733. The van der Waals surface area contributed by atoms with Gasteiger partial charge in [0.15, 0.2) is 0 Å². The Morgan fingerprint density at radius 3 is 2.61 bits per heavy atom. The van der Waals surface area contributed by atoms with Crippen LogP contribution in [-0.2, 0) is 24.2 Å². The SMILES string of the molecule is OC(CNCc1cnc(N2CCOCC2)nc1)CN1CCc2ccccc2C1. The molecular weight excluding hydrogens is 354 g/mol. The molecule has 2 aromatic rings. The van der Waals surface area contributed by atoms with Crippen LogP contribution in [0.4, 0.5) is 5.95 Å². The van der Waals surface area contributed by atoms with Gasteiger partial charge in [0.2, 0.25) is 5.95 Å². The van der Waals surface area contributed by atoms with Crippen LogP contribution in [-0.4, -0.2) is 72.0 Å². The topological polar surface area (TPSA) is 73.8 Å². The first-order chi connectivity index (χ1) is 13.8. The molecule has 1 atom stereocenters. The van der Waals surface area contributed by atoms with E-state index in [-0.39, 0.29) is 6.10 Å². The van der Waals surface area contributed by atoms with Crippen molar-refractivity contribution in [2.45, 2.75) is 25.6 Å². The molecule has 1 saturated heterocycles. The number of fused-ring (bicyclic) bond motifs is 1. The predicted octanol–water partition coefficient (Wildman–Crippen LogP) is 0.822. The molecule has 0 bridgehead atoms. The number of aromatic nitrogens is 2. The number of morpholine rings is 1. The molecule has 28 heavy (non-hydrogen) atoms. The second-order valence-electron chi connectivity index (χ2n) is 7.53. The van der Waals surface area contributed by atoms with Gasteiger partial charge in [-0.2, -0.15) is 0 Å². The number of nitrogens with zero attached hydrogens (tertiary/aromatic N) is 4. The van der Waals surface area contributed by atoms with Gasteiger partial charge in [0.25, 0.3) is 0 Å². The summed E-state index contributed by atoms with van der Waals surface area (Å²) < 4.78 is 5.36. The molecule has 7 nitrogen and oxygen atoms in total. The molecular formula is C21H29N5O2. The van der Waals surface area contributed by atoms with E-state index >= 15 is 0 Å². The summed E-state index contributed by atoms with van der Waals surface area (Å²) in [5, 5.41) is 13.7. The van der Waals surface area contributed by atoms with E-state index in [9.17, 15) is 5.11 Å². The maximum Gasteiger partial charge on any atom is 0.225 e. The zero-order valence-electron chi connectivity index (χ0n) is 16.3. The Kier molecular flexibility index (Phi) is 6.49. The molecule has 0 aliphatic carbocycles. The molecule has 1 unspecified atom stereocenters. The van der Waals surface area contributed by atoms with Crippen LogP contribution in [0, 0.1) is 0 Å². The molecule has 150 valence electrons. The number of aliphatic hydroxyl groups is 1. The monoisotopic (exact) mass is 383 g/mol. The van der Waals surface area contributed by atoms with Gasteiger partial charge < -0.3 is 20.1 Å². The number of hydrogen-bond donors (Lipinski definition) is 2. The van der Waals surface area contributed by atoms with Crippen molar-refractivity contribution in [2.24, 2.45) is 0 Å². The molecule has 0 amide bonds. The molecule has 4 rings (SSSR count). The lowest BCUT2D eigenvalue weighted by atomic mass is 10.00. The number of ether oxygens (including phenoxy) is 1. The maximum atomic E-state index is 10.4. The highest BCUT2D eigenvalue weighted by atomic mass is 16.5. The Bertz CT molecular complexity index is 749. The highest BCUT2D eigenvalue weighted by molar-refractivity contribution is 5.30. The number of anilines is 1.